The standard InChI is InChI=1S/C30H51N5O10/c1-22(2)29(24(36)21-23(3)5-4-10-33-30(31)41)34-26(38)9-13-42-15-17-44-19-20-45-18-16-43-14-11-32-25(37)8-12-35-27(39)6-7-28(35)40/h6-7,22-23,29H,4-5,8-21H2,1-3H3,(H,32,37)(H,34,38)(H3,31,33,41)/t23-,29+/m1/s1. The minimum absolute atomic E-state index is 0.0110. The van der Waals surface area contributed by atoms with Gasteiger partial charge in [0, 0.05) is 51.0 Å². The number of imide groups is 1. The lowest BCUT2D eigenvalue weighted by molar-refractivity contribution is -0.137. The van der Waals surface area contributed by atoms with Gasteiger partial charge >= 0.3 is 6.03 Å². The fourth-order valence-corrected chi connectivity index (χ4v) is 4.24. The second kappa shape index (κ2) is 23.9. The second-order valence-corrected chi connectivity index (χ2v) is 11.0. The highest BCUT2D eigenvalue weighted by Gasteiger charge is 2.25. The molecule has 6 amide bonds. The normalized spacial score (nSPS) is 14.1. The van der Waals surface area contributed by atoms with Crippen LogP contribution in [0.3, 0.4) is 0 Å². The van der Waals surface area contributed by atoms with Crippen molar-refractivity contribution in [1.29, 1.82) is 0 Å². The number of urea groups is 1. The van der Waals surface area contributed by atoms with Crippen LogP contribution in [0.25, 0.3) is 0 Å². The maximum atomic E-state index is 12.8. The lowest BCUT2D eigenvalue weighted by atomic mass is 9.91. The molecule has 0 aliphatic carbocycles. The number of amides is 6. The molecule has 0 saturated heterocycles. The van der Waals surface area contributed by atoms with Gasteiger partial charge in [-0.05, 0) is 24.7 Å². The van der Waals surface area contributed by atoms with Gasteiger partial charge in [0.05, 0.1) is 58.9 Å². The van der Waals surface area contributed by atoms with E-state index < -0.39 is 23.9 Å². The highest BCUT2D eigenvalue weighted by atomic mass is 16.6. The van der Waals surface area contributed by atoms with Crippen molar-refractivity contribution >= 4 is 35.4 Å². The van der Waals surface area contributed by atoms with Crippen molar-refractivity contribution < 1.29 is 47.7 Å². The third-order valence-electron chi connectivity index (χ3n) is 6.67. The van der Waals surface area contributed by atoms with Crippen LogP contribution in [-0.4, -0.2) is 119 Å². The summed E-state index contributed by atoms with van der Waals surface area (Å²) in [6.45, 7) is 9.21. The van der Waals surface area contributed by atoms with E-state index in [1.807, 2.05) is 20.8 Å². The number of carbonyl (C=O) groups excluding carboxylic acids is 6. The van der Waals surface area contributed by atoms with Crippen molar-refractivity contribution in [3.05, 3.63) is 12.2 Å². The molecule has 45 heavy (non-hydrogen) atoms. The van der Waals surface area contributed by atoms with Crippen molar-refractivity contribution in [2.45, 2.75) is 58.9 Å². The Morgan fingerprint density at radius 3 is 1.87 bits per heavy atom. The third kappa shape index (κ3) is 19.6. The molecule has 2 atom stereocenters. The maximum Gasteiger partial charge on any atom is 0.312 e. The summed E-state index contributed by atoms with van der Waals surface area (Å²) in [5, 5.41) is 8.02. The zero-order valence-corrected chi connectivity index (χ0v) is 26.8. The molecule has 0 radical (unpaired) electrons. The molecule has 0 aromatic heterocycles. The first-order chi connectivity index (χ1) is 21.5. The Labute approximate surface area is 265 Å². The van der Waals surface area contributed by atoms with E-state index in [1.165, 1.54) is 12.2 Å². The Morgan fingerprint density at radius 1 is 0.756 bits per heavy atom. The fourth-order valence-electron chi connectivity index (χ4n) is 4.24. The average Bonchev–Trinajstić information content (AvgIpc) is 3.30. The van der Waals surface area contributed by atoms with Gasteiger partial charge in [0.25, 0.3) is 11.8 Å². The Kier molecular flexibility index (Phi) is 21.1. The van der Waals surface area contributed by atoms with E-state index in [4.69, 9.17) is 24.7 Å². The number of Topliss-reactive ketones (excluding diaryl/α,β-unsaturated/α-hetero) is 1. The van der Waals surface area contributed by atoms with Crippen molar-refractivity contribution in [2.24, 2.45) is 17.6 Å². The molecular formula is C30H51N5O10. The number of rotatable bonds is 27. The zero-order valence-electron chi connectivity index (χ0n) is 26.8. The molecule has 15 heteroatoms. The van der Waals surface area contributed by atoms with Gasteiger partial charge in [0.2, 0.25) is 11.8 Å². The Bertz CT molecular complexity index is 957. The van der Waals surface area contributed by atoms with Gasteiger partial charge in [-0.3, -0.25) is 28.9 Å². The topological polar surface area (TPSA) is 205 Å². The summed E-state index contributed by atoms with van der Waals surface area (Å²) in [5.41, 5.74) is 5.05. The maximum absolute atomic E-state index is 12.8. The van der Waals surface area contributed by atoms with Crippen LogP contribution in [0.4, 0.5) is 4.79 Å². The van der Waals surface area contributed by atoms with Crippen LogP contribution >= 0.6 is 0 Å². The first kappa shape index (κ1) is 39.6. The monoisotopic (exact) mass is 641 g/mol. The van der Waals surface area contributed by atoms with Crippen LogP contribution in [0.1, 0.15) is 52.9 Å². The number of nitrogens with one attached hydrogen (secondary N) is 3. The second-order valence-electron chi connectivity index (χ2n) is 11.0. The summed E-state index contributed by atoms with van der Waals surface area (Å²) < 4.78 is 21.7. The predicted octanol–water partition coefficient (Wildman–Crippen LogP) is 0.0588. The van der Waals surface area contributed by atoms with Gasteiger partial charge in [-0.25, -0.2) is 4.79 Å². The van der Waals surface area contributed by atoms with Crippen LogP contribution < -0.4 is 21.7 Å². The molecule has 0 saturated carbocycles. The molecule has 5 N–H and O–H groups in total. The van der Waals surface area contributed by atoms with Gasteiger partial charge < -0.3 is 40.6 Å². The highest BCUT2D eigenvalue weighted by molar-refractivity contribution is 6.13. The molecule has 0 fully saturated rings. The van der Waals surface area contributed by atoms with E-state index in [2.05, 4.69) is 16.0 Å². The van der Waals surface area contributed by atoms with E-state index in [0.29, 0.717) is 65.8 Å². The Balaban J connectivity index is 1.96. The molecule has 0 bridgehead atoms. The molecule has 1 heterocycles. The van der Waals surface area contributed by atoms with Crippen LogP contribution in [0.2, 0.25) is 0 Å². The zero-order chi connectivity index (χ0) is 33.5. The third-order valence-corrected chi connectivity index (χ3v) is 6.67. The fraction of sp³-hybridized carbons (Fsp3) is 0.733. The average molecular weight is 642 g/mol. The number of carbonyl (C=O) groups is 6. The van der Waals surface area contributed by atoms with Crippen molar-refractivity contribution in [3.8, 4) is 0 Å². The molecule has 0 unspecified atom stereocenters. The number of hydrogen-bond donors (Lipinski definition) is 4. The quantitative estimate of drug-likeness (QED) is 0.0701. The molecule has 1 aliphatic heterocycles. The molecule has 15 nitrogen and oxygen atoms in total. The van der Waals surface area contributed by atoms with Crippen LogP contribution in [0, 0.1) is 11.8 Å². The van der Waals surface area contributed by atoms with Crippen molar-refractivity contribution in [2.75, 3.05) is 72.5 Å². The van der Waals surface area contributed by atoms with Gasteiger partial charge in [0.15, 0.2) is 5.78 Å². The first-order valence-electron chi connectivity index (χ1n) is 15.5. The van der Waals surface area contributed by atoms with Crippen LogP contribution in [0.15, 0.2) is 12.2 Å². The van der Waals surface area contributed by atoms with Gasteiger partial charge in [0.1, 0.15) is 0 Å². The van der Waals surface area contributed by atoms with Gasteiger partial charge in [-0.2, -0.15) is 0 Å². The van der Waals surface area contributed by atoms with Gasteiger partial charge in [-0.1, -0.05) is 20.8 Å². The lowest BCUT2D eigenvalue weighted by Crippen LogP contribution is -2.45. The molecular weight excluding hydrogens is 590 g/mol. The number of hydrogen-bond acceptors (Lipinski definition) is 10. The van der Waals surface area contributed by atoms with E-state index in [0.717, 1.165) is 17.7 Å². The van der Waals surface area contributed by atoms with E-state index >= 15 is 0 Å². The molecule has 1 aliphatic rings. The van der Waals surface area contributed by atoms with Crippen LogP contribution in [-0.2, 0) is 42.9 Å². The summed E-state index contributed by atoms with van der Waals surface area (Å²) in [6.07, 6.45) is 4.36. The number of nitrogens with zero attached hydrogens (tertiary/aromatic N) is 1. The molecule has 0 spiro atoms. The molecule has 1 rings (SSSR count). The highest BCUT2D eigenvalue weighted by Crippen LogP contribution is 2.15. The lowest BCUT2D eigenvalue weighted by Gasteiger charge is -2.23. The van der Waals surface area contributed by atoms with Gasteiger partial charge in [-0.15, -0.1) is 0 Å². The first-order valence-corrected chi connectivity index (χ1v) is 15.5. The molecule has 0 aromatic carbocycles. The SMILES string of the molecule is CC(C)[C@H](NC(=O)CCOCCOCCOCCOCCNC(=O)CCN1C(=O)C=CC1=O)C(=O)C[C@H](C)CCCNC(N)=O. The summed E-state index contributed by atoms with van der Waals surface area (Å²) in [5.74, 6) is -1.27. The smallest absolute Gasteiger partial charge is 0.312 e. The number of nitrogens with two attached hydrogens (primary N) is 1. The minimum Gasteiger partial charge on any atom is -0.379 e. The Morgan fingerprint density at radius 2 is 1.31 bits per heavy atom. The Hall–Kier alpha value is -3.40. The van der Waals surface area contributed by atoms with E-state index in [-0.39, 0.29) is 55.4 Å². The van der Waals surface area contributed by atoms with Crippen molar-refractivity contribution in [1.82, 2.24) is 20.9 Å². The largest absolute Gasteiger partial charge is 0.379 e. The number of ether oxygens (including phenoxy) is 4. The molecule has 0 aromatic rings. The number of primary amides is 1. The van der Waals surface area contributed by atoms with E-state index in [1.54, 1.807) is 0 Å². The summed E-state index contributed by atoms with van der Waals surface area (Å²) >= 11 is 0. The summed E-state index contributed by atoms with van der Waals surface area (Å²) in [6, 6.07) is -1.12. The minimum atomic E-state index is -0.563. The molecule has 256 valence electrons. The predicted molar refractivity (Wildman–Crippen MR) is 164 cm³/mol. The van der Waals surface area contributed by atoms with Crippen molar-refractivity contribution in [3.63, 3.8) is 0 Å². The number of ketones is 1. The summed E-state index contributed by atoms with van der Waals surface area (Å²) in [4.78, 5) is 71.6. The van der Waals surface area contributed by atoms with E-state index in [9.17, 15) is 28.8 Å². The van der Waals surface area contributed by atoms with Crippen LogP contribution in [0.5, 0.6) is 0 Å². The summed E-state index contributed by atoms with van der Waals surface area (Å²) in [7, 11) is 0.